The van der Waals surface area contributed by atoms with E-state index in [4.69, 9.17) is 9.47 Å². The lowest BCUT2D eigenvalue weighted by Crippen LogP contribution is -3.18. The van der Waals surface area contributed by atoms with Crippen LogP contribution in [0.5, 0.6) is 11.5 Å². The summed E-state index contributed by atoms with van der Waals surface area (Å²) in [5, 5.41) is 14.3. The van der Waals surface area contributed by atoms with E-state index >= 15 is 0 Å². The fourth-order valence-corrected chi connectivity index (χ4v) is 3.43. The van der Waals surface area contributed by atoms with Crippen LogP contribution in [0.3, 0.4) is 0 Å². The van der Waals surface area contributed by atoms with E-state index in [0.29, 0.717) is 28.6 Å². The van der Waals surface area contributed by atoms with Crippen molar-refractivity contribution in [1.82, 2.24) is 0 Å². The van der Waals surface area contributed by atoms with Crippen molar-refractivity contribution in [2.45, 2.75) is 19.0 Å². The highest BCUT2D eigenvalue weighted by molar-refractivity contribution is 5.91. The number of carboxylic acid groups (broad SMARTS) is 1. The summed E-state index contributed by atoms with van der Waals surface area (Å²) < 4.78 is 23.6. The maximum Gasteiger partial charge on any atom is 0.279 e. The largest absolute Gasteiger partial charge is 0.544 e. The molecule has 0 fully saturated rings. The number of benzene rings is 2. The molecule has 148 valence electrons. The number of nitrogens with one attached hydrogen (secondary N) is 2. The van der Waals surface area contributed by atoms with Crippen molar-refractivity contribution in [3.8, 4) is 11.5 Å². The number of rotatable bonds is 6. The average Bonchev–Trinajstić information content (AvgIpc) is 2.67. The van der Waals surface area contributed by atoms with Crippen LogP contribution in [0.1, 0.15) is 11.1 Å². The third-order valence-corrected chi connectivity index (χ3v) is 4.84. The number of carbonyl (C=O) groups is 2. The summed E-state index contributed by atoms with van der Waals surface area (Å²) in [4.78, 5) is 24.6. The Bertz CT molecular complexity index is 885. The van der Waals surface area contributed by atoms with Gasteiger partial charge in [-0.2, -0.15) is 0 Å². The Morgan fingerprint density at radius 1 is 1.14 bits per heavy atom. The highest BCUT2D eigenvalue weighted by Gasteiger charge is 2.33. The summed E-state index contributed by atoms with van der Waals surface area (Å²) >= 11 is 0. The molecule has 2 aromatic rings. The first kappa shape index (κ1) is 19.6. The lowest BCUT2D eigenvalue weighted by molar-refractivity contribution is -0.926. The Morgan fingerprint density at radius 2 is 1.75 bits per heavy atom. The average molecular weight is 388 g/mol. The number of quaternary nitrogens is 1. The fraction of sp³-hybridized carbons (Fsp3) is 0.300. The predicted octanol–water partition coefficient (Wildman–Crippen LogP) is -0.459. The maximum atomic E-state index is 13.0. The molecule has 1 amide bonds. The van der Waals surface area contributed by atoms with Crippen molar-refractivity contribution >= 4 is 17.6 Å². The molecule has 2 aromatic carbocycles. The molecule has 0 aliphatic carbocycles. The van der Waals surface area contributed by atoms with Crippen LogP contribution in [0.25, 0.3) is 0 Å². The molecule has 0 radical (unpaired) electrons. The van der Waals surface area contributed by atoms with Crippen LogP contribution in [0.4, 0.5) is 10.1 Å². The molecular weight excluding hydrogens is 367 g/mol. The molecule has 1 aliphatic heterocycles. The molecular formula is C20H21FN2O5. The van der Waals surface area contributed by atoms with Crippen molar-refractivity contribution in [3.05, 3.63) is 53.3 Å². The molecule has 3 rings (SSSR count). The molecule has 1 heterocycles. The van der Waals surface area contributed by atoms with Gasteiger partial charge in [0.1, 0.15) is 18.4 Å². The second-order valence-corrected chi connectivity index (χ2v) is 6.62. The van der Waals surface area contributed by atoms with Crippen LogP contribution in [0.15, 0.2) is 36.4 Å². The van der Waals surface area contributed by atoms with Gasteiger partial charge in [0, 0.05) is 17.7 Å². The summed E-state index contributed by atoms with van der Waals surface area (Å²) in [7, 11) is 3.04. The van der Waals surface area contributed by atoms with E-state index in [9.17, 15) is 19.1 Å². The summed E-state index contributed by atoms with van der Waals surface area (Å²) in [5.41, 5.74) is 2.16. The Labute approximate surface area is 161 Å². The Balaban J connectivity index is 1.79. The van der Waals surface area contributed by atoms with Crippen LogP contribution in [-0.2, 0) is 22.6 Å². The molecule has 1 aliphatic rings. The minimum Gasteiger partial charge on any atom is -0.544 e. The van der Waals surface area contributed by atoms with E-state index in [1.54, 1.807) is 12.1 Å². The van der Waals surface area contributed by atoms with Gasteiger partial charge in [0.2, 0.25) is 0 Å². The van der Waals surface area contributed by atoms with Crippen LogP contribution in [-0.4, -0.2) is 38.7 Å². The number of hydrogen-bond donors (Lipinski definition) is 2. The molecule has 28 heavy (non-hydrogen) atoms. The molecule has 0 spiro atoms. The smallest absolute Gasteiger partial charge is 0.279 e. The number of amides is 1. The normalized spacial score (nSPS) is 18.1. The standard InChI is InChI=1S/C20H21FN2O5/c1-27-17-8-12-7-16(20(25)26)23(10-13(12)9-18(17)28-2)11-19(24)22-15-5-3-14(21)4-6-15/h3-6,8-9,16H,7,10-11H2,1-2H3,(H,22,24)(H,25,26)/t16-/m0/s1. The highest BCUT2D eigenvalue weighted by Crippen LogP contribution is 2.31. The molecule has 2 N–H and O–H groups in total. The van der Waals surface area contributed by atoms with E-state index in [1.165, 1.54) is 38.5 Å². The Hall–Kier alpha value is -3.13. The molecule has 0 saturated heterocycles. The number of carbonyl (C=O) groups excluding carboxylic acids is 2. The van der Waals surface area contributed by atoms with Gasteiger partial charge in [-0.15, -0.1) is 0 Å². The van der Waals surface area contributed by atoms with Gasteiger partial charge in [-0.25, -0.2) is 4.39 Å². The van der Waals surface area contributed by atoms with Crippen molar-refractivity contribution in [2.75, 3.05) is 26.1 Å². The van der Waals surface area contributed by atoms with E-state index in [-0.39, 0.29) is 18.9 Å². The number of carboxylic acids is 1. The van der Waals surface area contributed by atoms with Crippen LogP contribution in [0.2, 0.25) is 0 Å². The van der Waals surface area contributed by atoms with E-state index in [1.807, 2.05) is 0 Å². The van der Waals surface area contributed by atoms with Gasteiger partial charge >= 0.3 is 0 Å². The number of fused-ring (bicyclic) bond motifs is 1. The van der Waals surface area contributed by atoms with Gasteiger partial charge in [-0.1, -0.05) is 0 Å². The predicted molar refractivity (Wildman–Crippen MR) is 96.6 cm³/mol. The quantitative estimate of drug-likeness (QED) is 0.699. The van der Waals surface area contributed by atoms with E-state index in [0.717, 1.165) is 11.1 Å². The molecule has 0 saturated carbocycles. The van der Waals surface area contributed by atoms with Crippen molar-refractivity contribution < 1.29 is 33.5 Å². The van der Waals surface area contributed by atoms with Crippen molar-refractivity contribution in [3.63, 3.8) is 0 Å². The Kier molecular flexibility index (Phi) is 5.79. The summed E-state index contributed by atoms with van der Waals surface area (Å²) in [6.45, 7) is 0.259. The van der Waals surface area contributed by atoms with Gasteiger partial charge in [-0.3, -0.25) is 4.79 Å². The van der Waals surface area contributed by atoms with Crippen LogP contribution in [0, 0.1) is 5.82 Å². The van der Waals surface area contributed by atoms with Crippen LogP contribution < -0.4 is 24.8 Å². The lowest BCUT2D eigenvalue weighted by atomic mass is 9.93. The first-order valence-electron chi connectivity index (χ1n) is 8.76. The topological polar surface area (TPSA) is 92.1 Å². The molecule has 0 aromatic heterocycles. The zero-order chi connectivity index (χ0) is 20.3. The molecule has 8 heteroatoms. The van der Waals surface area contributed by atoms with Crippen LogP contribution >= 0.6 is 0 Å². The molecule has 1 unspecified atom stereocenters. The fourth-order valence-electron chi connectivity index (χ4n) is 3.43. The third kappa shape index (κ3) is 4.23. The first-order chi connectivity index (χ1) is 13.4. The molecule has 2 atom stereocenters. The second-order valence-electron chi connectivity index (χ2n) is 6.62. The Morgan fingerprint density at radius 3 is 2.32 bits per heavy atom. The zero-order valence-electron chi connectivity index (χ0n) is 15.6. The monoisotopic (exact) mass is 388 g/mol. The summed E-state index contributed by atoms with van der Waals surface area (Å²) in [6.07, 6.45) is 0.219. The van der Waals surface area contributed by atoms with Gasteiger partial charge in [0.15, 0.2) is 18.0 Å². The number of hydrogen-bond acceptors (Lipinski definition) is 5. The summed E-state index contributed by atoms with van der Waals surface area (Å²) in [6, 6.07) is 8.07. The van der Waals surface area contributed by atoms with Gasteiger partial charge in [0.05, 0.1) is 20.2 Å². The minimum absolute atomic E-state index is 0.0657. The molecule has 0 bridgehead atoms. The summed E-state index contributed by atoms with van der Waals surface area (Å²) in [5.74, 6) is -0.918. The van der Waals surface area contributed by atoms with Gasteiger partial charge in [-0.05, 0) is 42.0 Å². The number of methoxy groups -OCH3 is 2. The second kappa shape index (κ2) is 8.26. The third-order valence-electron chi connectivity index (χ3n) is 4.84. The van der Waals surface area contributed by atoms with Crippen molar-refractivity contribution in [2.24, 2.45) is 0 Å². The number of anilines is 1. The van der Waals surface area contributed by atoms with Gasteiger partial charge < -0.3 is 29.6 Å². The van der Waals surface area contributed by atoms with Crippen molar-refractivity contribution in [1.29, 1.82) is 0 Å². The number of halogens is 1. The highest BCUT2D eigenvalue weighted by atomic mass is 19.1. The van der Waals surface area contributed by atoms with E-state index < -0.39 is 17.8 Å². The van der Waals surface area contributed by atoms with Gasteiger partial charge in [0.25, 0.3) is 5.91 Å². The number of ether oxygens (including phenoxy) is 2. The SMILES string of the molecule is COc1cc2c(cc1OC)C[NH+](CC(=O)Nc1ccc(F)cc1)[C@H](C(=O)[O-])C2. The molecule has 7 nitrogen and oxygen atoms in total. The zero-order valence-corrected chi connectivity index (χ0v) is 15.6. The minimum atomic E-state index is -1.22. The first-order valence-corrected chi connectivity index (χ1v) is 8.76. The maximum absolute atomic E-state index is 13.0. The number of aliphatic carboxylic acids is 1. The lowest BCUT2D eigenvalue weighted by Gasteiger charge is -2.34. The van der Waals surface area contributed by atoms with E-state index in [2.05, 4.69) is 5.32 Å².